The topological polar surface area (TPSA) is 121 Å². The summed E-state index contributed by atoms with van der Waals surface area (Å²) in [4.78, 5) is 40.8. The van der Waals surface area contributed by atoms with E-state index in [1.54, 1.807) is 12.1 Å². The molecule has 2 saturated heterocycles. The molecule has 0 spiro atoms. The van der Waals surface area contributed by atoms with Gasteiger partial charge in [-0.3, -0.25) is 19.3 Å². The molecule has 2 aromatic rings. The summed E-state index contributed by atoms with van der Waals surface area (Å²) in [5.74, 6) is -1.37. The lowest BCUT2D eigenvalue weighted by atomic mass is 9.81. The molecule has 1 aromatic heterocycles. The number of sulfonamides is 1. The molecule has 1 aliphatic carbocycles. The van der Waals surface area contributed by atoms with Gasteiger partial charge in [0.1, 0.15) is 22.5 Å². The van der Waals surface area contributed by atoms with E-state index in [4.69, 9.17) is 0 Å². The number of benzene rings is 1. The van der Waals surface area contributed by atoms with E-state index in [0.717, 1.165) is 29.5 Å². The fourth-order valence-corrected chi connectivity index (χ4v) is 7.10. The van der Waals surface area contributed by atoms with E-state index in [1.807, 2.05) is 0 Å². The molecule has 5 rings (SSSR count). The van der Waals surface area contributed by atoms with Crippen LogP contribution in [0, 0.1) is 11.8 Å². The normalized spacial score (nSPS) is 24.9. The SMILES string of the molecule is O=C(CN1C(=O)C2CCCCC2C1=O)N1CCN(S(=O)(=O)c2cccc3nsnc23)CC1. The molecular weight excluding hydrogens is 454 g/mol. The van der Waals surface area contributed by atoms with Crippen molar-refractivity contribution in [1.29, 1.82) is 0 Å². The Morgan fingerprint density at radius 2 is 1.66 bits per heavy atom. The number of amides is 3. The average Bonchev–Trinajstić information content (AvgIpc) is 3.38. The van der Waals surface area contributed by atoms with Gasteiger partial charge in [0, 0.05) is 26.2 Å². The highest BCUT2D eigenvalue weighted by Crippen LogP contribution is 2.38. The molecule has 0 radical (unpaired) electrons. The summed E-state index contributed by atoms with van der Waals surface area (Å²) < 4.78 is 35.8. The highest BCUT2D eigenvalue weighted by atomic mass is 32.2. The van der Waals surface area contributed by atoms with Gasteiger partial charge in [-0.15, -0.1) is 0 Å². The Morgan fingerprint density at radius 1 is 1.00 bits per heavy atom. The van der Waals surface area contributed by atoms with Gasteiger partial charge in [-0.2, -0.15) is 13.1 Å². The number of rotatable bonds is 4. The van der Waals surface area contributed by atoms with Crippen molar-refractivity contribution in [2.45, 2.75) is 30.6 Å². The Hall–Kier alpha value is -2.44. The smallest absolute Gasteiger partial charge is 0.245 e. The van der Waals surface area contributed by atoms with Gasteiger partial charge < -0.3 is 4.90 Å². The third-order valence-corrected chi connectivity index (χ3v) is 9.16. The largest absolute Gasteiger partial charge is 0.338 e. The standard InChI is InChI=1S/C20H23N5O5S2/c26-17(12-25-19(27)13-4-1-2-5-14(13)20(25)28)23-8-10-24(11-9-23)32(29,30)16-7-3-6-15-18(16)22-31-21-15/h3,6-7,13-14H,1-2,4-5,8-12H2. The molecule has 2 aliphatic heterocycles. The summed E-state index contributed by atoms with van der Waals surface area (Å²) in [5, 5.41) is 0. The zero-order valence-electron chi connectivity index (χ0n) is 17.3. The predicted octanol–water partition coefficient (Wildman–Crippen LogP) is 0.699. The third-order valence-electron chi connectivity index (χ3n) is 6.68. The number of carbonyl (C=O) groups is 3. The van der Waals surface area contributed by atoms with Gasteiger partial charge in [0.15, 0.2) is 0 Å². The summed E-state index contributed by atoms with van der Waals surface area (Å²) in [6.45, 7) is 0.407. The molecule has 32 heavy (non-hydrogen) atoms. The molecule has 2 atom stereocenters. The van der Waals surface area contributed by atoms with Crippen molar-refractivity contribution >= 4 is 50.5 Å². The Labute approximate surface area is 189 Å². The van der Waals surface area contributed by atoms with E-state index in [1.165, 1.54) is 15.3 Å². The maximum absolute atomic E-state index is 13.1. The summed E-state index contributed by atoms with van der Waals surface area (Å²) in [6, 6.07) is 4.87. The Kier molecular flexibility index (Phi) is 5.46. The molecule has 0 bridgehead atoms. The lowest BCUT2D eigenvalue weighted by molar-refractivity contribution is -0.147. The van der Waals surface area contributed by atoms with Crippen LogP contribution in [0.5, 0.6) is 0 Å². The second kappa shape index (κ2) is 8.16. The number of carbonyl (C=O) groups excluding carboxylic acids is 3. The van der Waals surface area contributed by atoms with Crippen molar-refractivity contribution in [3.63, 3.8) is 0 Å². The number of hydrogen-bond donors (Lipinski definition) is 0. The first-order valence-electron chi connectivity index (χ1n) is 10.7. The summed E-state index contributed by atoms with van der Waals surface area (Å²) in [7, 11) is -3.78. The molecule has 3 heterocycles. The molecule has 0 N–H and O–H groups in total. The molecule has 2 unspecified atom stereocenters. The highest BCUT2D eigenvalue weighted by molar-refractivity contribution is 7.89. The van der Waals surface area contributed by atoms with Gasteiger partial charge in [-0.05, 0) is 25.0 Å². The second-order valence-corrected chi connectivity index (χ2v) is 10.9. The van der Waals surface area contributed by atoms with Crippen LogP contribution in [0.4, 0.5) is 0 Å². The predicted molar refractivity (Wildman–Crippen MR) is 115 cm³/mol. The monoisotopic (exact) mass is 477 g/mol. The van der Waals surface area contributed by atoms with Crippen molar-refractivity contribution in [1.82, 2.24) is 22.9 Å². The number of nitrogens with zero attached hydrogens (tertiary/aromatic N) is 5. The van der Waals surface area contributed by atoms with Crippen LogP contribution in [0.15, 0.2) is 23.1 Å². The van der Waals surface area contributed by atoms with E-state index in [2.05, 4.69) is 8.75 Å². The van der Waals surface area contributed by atoms with Crippen LogP contribution < -0.4 is 0 Å². The third kappa shape index (κ3) is 3.50. The fraction of sp³-hybridized carbons (Fsp3) is 0.550. The van der Waals surface area contributed by atoms with E-state index in [0.29, 0.717) is 23.9 Å². The molecule has 1 aromatic carbocycles. The summed E-state index contributed by atoms with van der Waals surface area (Å²) >= 11 is 0.961. The van der Waals surface area contributed by atoms with Crippen molar-refractivity contribution in [2.75, 3.05) is 32.7 Å². The fourth-order valence-electron chi connectivity index (χ4n) is 4.93. The van der Waals surface area contributed by atoms with E-state index in [-0.39, 0.29) is 67.2 Å². The molecule has 10 nitrogen and oxygen atoms in total. The first-order chi connectivity index (χ1) is 15.4. The number of hydrogen-bond acceptors (Lipinski definition) is 8. The maximum atomic E-state index is 13.1. The van der Waals surface area contributed by atoms with E-state index >= 15 is 0 Å². The lowest BCUT2D eigenvalue weighted by Gasteiger charge is -2.34. The zero-order valence-corrected chi connectivity index (χ0v) is 19.0. The number of piperazine rings is 1. The van der Waals surface area contributed by atoms with Gasteiger partial charge in [-0.25, -0.2) is 8.42 Å². The van der Waals surface area contributed by atoms with Crippen molar-refractivity contribution < 1.29 is 22.8 Å². The Balaban J connectivity index is 1.24. The molecule has 3 amide bonds. The molecular formula is C20H23N5O5S2. The minimum atomic E-state index is -3.78. The van der Waals surface area contributed by atoms with Crippen molar-refractivity contribution in [3.05, 3.63) is 18.2 Å². The maximum Gasteiger partial charge on any atom is 0.245 e. The Bertz CT molecular complexity index is 1160. The summed E-state index contributed by atoms with van der Waals surface area (Å²) in [6.07, 6.45) is 3.28. The van der Waals surface area contributed by atoms with Crippen LogP contribution in [-0.2, 0) is 24.4 Å². The van der Waals surface area contributed by atoms with Gasteiger partial charge in [0.25, 0.3) is 0 Å². The molecule has 3 fully saturated rings. The zero-order chi connectivity index (χ0) is 22.5. The van der Waals surface area contributed by atoms with Crippen LogP contribution >= 0.6 is 11.7 Å². The van der Waals surface area contributed by atoms with Crippen molar-refractivity contribution in [2.24, 2.45) is 11.8 Å². The van der Waals surface area contributed by atoms with Gasteiger partial charge >= 0.3 is 0 Å². The molecule has 1 saturated carbocycles. The van der Waals surface area contributed by atoms with E-state index < -0.39 is 10.0 Å². The van der Waals surface area contributed by atoms with Gasteiger partial charge in [0.2, 0.25) is 27.7 Å². The van der Waals surface area contributed by atoms with E-state index in [9.17, 15) is 22.8 Å². The van der Waals surface area contributed by atoms with Crippen LogP contribution in [0.1, 0.15) is 25.7 Å². The highest BCUT2D eigenvalue weighted by Gasteiger charge is 2.49. The molecule has 3 aliphatic rings. The number of fused-ring (bicyclic) bond motifs is 2. The van der Waals surface area contributed by atoms with Gasteiger partial charge in [0.05, 0.1) is 23.6 Å². The first kappa shape index (κ1) is 21.4. The Morgan fingerprint density at radius 3 is 2.31 bits per heavy atom. The van der Waals surface area contributed by atoms with Crippen molar-refractivity contribution in [3.8, 4) is 0 Å². The second-order valence-electron chi connectivity index (χ2n) is 8.43. The average molecular weight is 478 g/mol. The minimum absolute atomic E-state index is 0.111. The van der Waals surface area contributed by atoms with Gasteiger partial charge in [-0.1, -0.05) is 18.9 Å². The van der Waals surface area contributed by atoms with Crippen LogP contribution in [-0.4, -0.2) is 81.7 Å². The minimum Gasteiger partial charge on any atom is -0.338 e. The number of imide groups is 1. The quantitative estimate of drug-likeness (QED) is 0.594. The van der Waals surface area contributed by atoms with Crippen LogP contribution in [0.2, 0.25) is 0 Å². The first-order valence-corrected chi connectivity index (χ1v) is 12.9. The number of likely N-dealkylation sites (tertiary alicyclic amines) is 1. The lowest BCUT2D eigenvalue weighted by Crippen LogP contribution is -2.53. The van der Waals surface area contributed by atoms with Crippen LogP contribution in [0.3, 0.4) is 0 Å². The molecule has 12 heteroatoms. The number of aromatic nitrogens is 2. The summed E-state index contributed by atoms with van der Waals surface area (Å²) in [5.41, 5.74) is 0.883. The van der Waals surface area contributed by atoms with Crippen LogP contribution in [0.25, 0.3) is 11.0 Å². The molecule has 170 valence electrons.